The summed E-state index contributed by atoms with van der Waals surface area (Å²) < 4.78 is 5.83. The topological polar surface area (TPSA) is 21.3 Å². The van der Waals surface area contributed by atoms with Crippen LogP contribution < -0.4 is 5.32 Å². The minimum atomic E-state index is 0.0765. The number of allylic oxidation sites excluding steroid dienone is 1. The van der Waals surface area contributed by atoms with Crippen molar-refractivity contribution in [1.29, 1.82) is 0 Å². The smallest absolute Gasteiger partial charge is 0.113 e. The lowest BCUT2D eigenvalue weighted by Crippen LogP contribution is -2.26. The zero-order valence-corrected chi connectivity index (χ0v) is 12.5. The summed E-state index contributed by atoms with van der Waals surface area (Å²) in [6.45, 7) is 5.96. The maximum atomic E-state index is 6.46. The monoisotopic (exact) mass is 279 g/mol. The second-order valence-corrected chi connectivity index (χ2v) is 5.34. The second kappa shape index (κ2) is 6.97. The van der Waals surface area contributed by atoms with Gasteiger partial charge in [0.15, 0.2) is 0 Å². The summed E-state index contributed by atoms with van der Waals surface area (Å²) in [5.74, 6) is 1.02. The number of benzene rings is 1. The van der Waals surface area contributed by atoms with Gasteiger partial charge in [0.25, 0.3) is 0 Å². The van der Waals surface area contributed by atoms with Crippen molar-refractivity contribution < 1.29 is 4.74 Å². The molecule has 1 N–H and O–H groups in total. The number of halogens is 1. The number of nitrogens with one attached hydrogen (secondary N) is 1. The van der Waals surface area contributed by atoms with E-state index >= 15 is 0 Å². The Morgan fingerprint density at radius 2 is 2.26 bits per heavy atom. The molecule has 2 rings (SSSR count). The van der Waals surface area contributed by atoms with E-state index in [1.807, 2.05) is 13.0 Å². The fourth-order valence-corrected chi connectivity index (χ4v) is 2.56. The highest BCUT2D eigenvalue weighted by molar-refractivity contribution is 6.32. The first-order valence-electron chi connectivity index (χ1n) is 7.05. The van der Waals surface area contributed by atoms with Gasteiger partial charge in [0, 0.05) is 5.02 Å². The lowest BCUT2D eigenvalue weighted by molar-refractivity contribution is 0.167. The molecule has 0 spiro atoms. The summed E-state index contributed by atoms with van der Waals surface area (Å²) in [6.07, 6.45) is 5.47. The Hall–Kier alpha value is -0.990. The van der Waals surface area contributed by atoms with Crippen LogP contribution in [0.2, 0.25) is 5.02 Å². The third-order valence-corrected chi connectivity index (χ3v) is 3.89. The third-order valence-electron chi connectivity index (χ3n) is 3.38. The van der Waals surface area contributed by atoms with Gasteiger partial charge in [-0.05, 0) is 49.9 Å². The SMILES string of the molecule is CCCNC(C1=CCCCO1)c1cccc(C)c1Cl. The van der Waals surface area contributed by atoms with Crippen LogP contribution in [-0.4, -0.2) is 13.2 Å². The average molecular weight is 280 g/mol. The fourth-order valence-electron chi connectivity index (χ4n) is 2.32. The van der Waals surface area contributed by atoms with Gasteiger partial charge in [-0.2, -0.15) is 0 Å². The molecule has 1 heterocycles. The molecule has 19 heavy (non-hydrogen) atoms. The van der Waals surface area contributed by atoms with Crippen molar-refractivity contribution in [3.05, 3.63) is 46.2 Å². The Labute approximate surface area is 120 Å². The van der Waals surface area contributed by atoms with Gasteiger partial charge in [-0.25, -0.2) is 0 Å². The largest absolute Gasteiger partial charge is 0.496 e. The molecule has 3 heteroatoms. The van der Waals surface area contributed by atoms with Crippen molar-refractivity contribution in [3.8, 4) is 0 Å². The highest BCUT2D eigenvalue weighted by atomic mass is 35.5. The van der Waals surface area contributed by atoms with Crippen LogP contribution >= 0.6 is 11.6 Å². The Balaban J connectivity index is 2.30. The first-order chi connectivity index (χ1) is 9.24. The quantitative estimate of drug-likeness (QED) is 0.863. The fraction of sp³-hybridized carbons (Fsp3) is 0.500. The van der Waals surface area contributed by atoms with Crippen molar-refractivity contribution in [2.45, 2.75) is 39.2 Å². The average Bonchev–Trinajstić information content (AvgIpc) is 2.45. The van der Waals surface area contributed by atoms with Gasteiger partial charge in [-0.15, -0.1) is 0 Å². The van der Waals surface area contributed by atoms with E-state index in [4.69, 9.17) is 16.3 Å². The predicted octanol–water partition coefficient (Wildman–Crippen LogP) is 4.38. The molecule has 1 aliphatic heterocycles. The van der Waals surface area contributed by atoms with Gasteiger partial charge in [0.1, 0.15) is 5.76 Å². The normalized spacial score (nSPS) is 16.7. The van der Waals surface area contributed by atoms with E-state index in [0.29, 0.717) is 0 Å². The molecular weight excluding hydrogens is 258 g/mol. The van der Waals surface area contributed by atoms with Crippen molar-refractivity contribution in [2.75, 3.05) is 13.2 Å². The number of ether oxygens (including phenoxy) is 1. The molecular formula is C16H22ClNO. The highest BCUT2D eigenvalue weighted by Gasteiger charge is 2.22. The first kappa shape index (κ1) is 14.4. The molecule has 1 aliphatic rings. The van der Waals surface area contributed by atoms with Crippen molar-refractivity contribution >= 4 is 11.6 Å². The summed E-state index contributed by atoms with van der Waals surface area (Å²) in [7, 11) is 0. The molecule has 1 aromatic rings. The van der Waals surface area contributed by atoms with E-state index < -0.39 is 0 Å². The minimum absolute atomic E-state index is 0.0765. The van der Waals surface area contributed by atoms with Gasteiger partial charge in [-0.3, -0.25) is 0 Å². The molecule has 0 radical (unpaired) electrons. The number of hydrogen-bond donors (Lipinski definition) is 1. The summed E-state index contributed by atoms with van der Waals surface area (Å²) in [5, 5.41) is 4.38. The van der Waals surface area contributed by atoms with Gasteiger partial charge in [-0.1, -0.05) is 36.7 Å². The Bertz CT molecular complexity index is 456. The van der Waals surface area contributed by atoms with Crippen LogP contribution in [0.5, 0.6) is 0 Å². The van der Waals surface area contributed by atoms with Crippen molar-refractivity contribution in [1.82, 2.24) is 5.32 Å². The van der Waals surface area contributed by atoms with Crippen molar-refractivity contribution in [3.63, 3.8) is 0 Å². The van der Waals surface area contributed by atoms with Crippen LogP contribution in [0.4, 0.5) is 0 Å². The molecule has 0 saturated heterocycles. The van der Waals surface area contributed by atoms with E-state index in [1.165, 1.54) is 0 Å². The second-order valence-electron chi connectivity index (χ2n) is 4.96. The van der Waals surface area contributed by atoms with E-state index in [2.05, 4.69) is 30.4 Å². The van der Waals surface area contributed by atoms with E-state index in [1.54, 1.807) is 0 Å². The van der Waals surface area contributed by atoms with Crippen LogP contribution in [0.25, 0.3) is 0 Å². The molecule has 2 nitrogen and oxygen atoms in total. The zero-order valence-electron chi connectivity index (χ0n) is 11.7. The Morgan fingerprint density at radius 1 is 1.42 bits per heavy atom. The maximum absolute atomic E-state index is 6.46. The minimum Gasteiger partial charge on any atom is -0.496 e. The van der Waals surface area contributed by atoms with Crippen LogP contribution in [0, 0.1) is 6.92 Å². The molecule has 0 fully saturated rings. The Morgan fingerprint density at radius 3 is 2.95 bits per heavy atom. The van der Waals surface area contributed by atoms with E-state index in [9.17, 15) is 0 Å². The predicted molar refractivity (Wildman–Crippen MR) is 80.5 cm³/mol. The van der Waals surface area contributed by atoms with E-state index in [0.717, 1.165) is 54.3 Å². The molecule has 104 valence electrons. The van der Waals surface area contributed by atoms with Crippen LogP contribution in [0.15, 0.2) is 30.0 Å². The zero-order chi connectivity index (χ0) is 13.7. The standard InChI is InChI=1S/C16H22ClNO/c1-3-10-18-16(14-9-4-5-11-19-14)13-8-6-7-12(2)15(13)17/h6-9,16,18H,3-5,10-11H2,1-2H3. The maximum Gasteiger partial charge on any atom is 0.113 e. The molecule has 0 aromatic heterocycles. The lowest BCUT2D eigenvalue weighted by Gasteiger charge is -2.26. The van der Waals surface area contributed by atoms with Gasteiger partial charge in [0.2, 0.25) is 0 Å². The lowest BCUT2D eigenvalue weighted by atomic mass is 10.0. The van der Waals surface area contributed by atoms with Crippen LogP contribution in [-0.2, 0) is 4.74 Å². The highest BCUT2D eigenvalue weighted by Crippen LogP contribution is 2.32. The van der Waals surface area contributed by atoms with Gasteiger partial charge < -0.3 is 10.1 Å². The summed E-state index contributed by atoms with van der Waals surface area (Å²) >= 11 is 6.46. The van der Waals surface area contributed by atoms with Gasteiger partial charge in [0.05, 0.1) is 12.6 Å². The van der Waals surface area contributed by atoms with Crippen LogP contribution in [0.1, 0.15) is 43.4 Å². The summed E-state index contributed by atoms with van der Waals surface area (Å²) in [5.41, 5.74) is 2.22. The molecule has 1 atom stereocenters. The summed E-state index contributed by atoms with van der Waals surface area (Å²) in [4.78, 5) is 0. The van der Waals surface area contributed by atoms with Crippen LogP contribution in [0.3, 0.4) is 0 Å². The van der Waals surface area contributed by atoms with Gasteiger partial charge >= 0.3 is 0 Å². The molecule has 0 saturated carbocycles. The molecule has 0 bridgehead atoms. The number of rotatable bonds is 5. The Kier molecular flexibility index (Phi) is 5.29. The number of aryl methyl sites for hydroxylation is 1. The summed E-state index contributed by atoms with van der Waals surface area (Å²) in [6, 6.07) is 6.26. The molecule has 1 unspecified atom stereocenters. The molecule has 0 aliphatic carbocycles. The molecule has 0 amide bonds. The first-order valence-corrected chi connectivity index (χ1v) is 7.43. The number of hydrogen-bond acceptors (Lipinski definition) is 2. The van der Waals surface area contributed by atoms with E-state index in [-0.39, 0.29) is 6.04 Å². The third kappa shape index (κ3) is 3.52. The molecule has 1 aromatic carbocycles. The van der Waals surface area contributed by atoms with Crippen molar-refractivity contribution in [2.24, 2.45) is 0 Å².